The van der Waals surface area contributed by atoms with Crippen molar-refractivity contribution in [2.24, 2.45) is 0 Å². The summed E-state index contributed by atoms with van der Waals surface area (Å²) in [5.74, 6) is 0. The Kier molecular flexibility index (Phi) is 1.61. The first-order valence-electron chi connectivity index (χ1n) is 2.62. The van der Waals surface area contributed by atoms with Gasteiger partial charge in [0.25, 0.3) is 0 Å². The molecule has 1 aromatic heterocycles. The molecular weight excluding hydrogens is 157 g/mol. The number of nitrogens with zero attached hydrogens (tertiary/aromatic N) is 2. The van der Waals surface area contributed by atoms with E-state index in [2.05, 4.69) is 5.10 Å². The van der Waals surface area contributed by atoms with E-state index < -0.39 is 11.7 Å². The van der Waals surface area contributed by atoms with Gasteiger partial charge in [0.1, 0.15) is 0 Å². The fourth-order valence-electron chi connectivity index (χ4n) is 0.540. The Hall–Kier alpha value is -1.44. The van der Waals surface area contributed by atoms with Crippen LogP contribution in [0.4, 0.5) is 13.2 Å². The monoisotopic (exact) mass is 160 g/mol. The van der Waals surface area contributed by atoms with Crippen molar-refractivity contribution < 1.29 is 13.2 Å². The molecule has 0 amide bonds. The first-order valence-corrected chi connectivity index (χ1v) is 2.62. The summed E-state index contributed by atoms with van der Waals surface area (Å²) in [6.07, 6.45) is 1.85. The number of terminal acetylenes is 1. The molecule has 0 unspecified atom stereocenters. The zero-order valence-electron chi connectivity index (χ0n) is 5.26. The molecule has 0 aliphatic rings. The molecule has 0 radical (unpaired) electrons. The van der Waals surface area contributed by atoms with Gasteiger partial charge in [0.15, 0.2) is 0 Å². The minimum absolute atomic E-state index is 0.680. The van der Waals surface area contributed by atoms with Crippen molar-refractivity contribution in [3.05, 3.63) is 18.0 Å². The Morgan fingerprint density at radius 3 is 2.45 bits per heavy atom. The summed E-state index contributed by atoms with van der Waals surface area (Å²) in [7, 11) is 0. The van der Waals surface area contributed by atoms with Crippen LogP contribution in [0, 0.1) is 12.5 Å². The van der Waals surface area contributed by atoms with Crippen LogP contribution in [0.25, 0.3) is 0 Å². The third kappa shape index (κ3) is 1.52. The van der Waals surface area contributed by atoms with Crippen molar-refractivity contribution in [2.75, 3.05) is 0 Å². The molecule has 0 bridgehead atoms. The SMILES string of the molecule is C#Cn1cc(C(F)(F)F)cn1. The molecule has 1 aromatic rings. The van der Waals surface area contributed by atoms with Crippen LogP contribution in [0.1, 0.15) is 5.56 Å². The second kappa shape index (κ2) is 2.31. The predicted octanol–water partition coefficient (Wildman–Crippen LogP) is 1.34. The molecule has 0 spiro atoms. The van der Waals surface area contributed by atoms with Gasteiger partial charge < -0.3 is 0 Å². The maximum absolute atomic E-state index is 11.8. The van der Waals surface area contributed by atoms with Crippen molar-refractivity contribution in [2.45, 2.75) is 6.18 Å². The highest BCUT2D eigenvalue weighted by Gasteiger charge is 2.31. The first-order chi connectivity index (χ1) is 5.04. The Labute approximate surface area is 60.6 Å². The highest BCUT2D eigenvalue weighted by atomic mass is 19.4. The van der Waals surface area contributed by atoms with Gasteiger partial charge >= 0.3 is 6.18 Å². The Morgan fingerprint density at radius 2 is 2.18 bits per heavy atom. The van der Waals surface area contributed by atoms with Gasteiger partial charge in [0, 0.05) is 6.04 Å². The van der Waals surface area contributed by atoms with Gasteiger partial charge in [-0.25, -0.2) is 0 Å². The fraction of sp³-hybridized carbons (Fsp3) is 0.167. The lowest BCUT2D eigenvalue weighted by Crippen LogP contribution is -2.02. The van der Waals surface area contributed by atoms with Crippen LogP contribution >= 0.6 is 0 Å². The topological polar surface area (TPSA) is 17.8 Å². The molecule has 58 valence electrons. The molecule has 11 heavy (non-hydrogen) atoms. The third-order valence-electron chi connectivity index (χ3n) is 1.04. The summed E-state index contributed by atoms with van der Waals surface area (Å²) in [6, 6.07) is 1.92. The van der Waals surface area contributed by atoms with Gasteiger partial charge in [-0.15, -0.1) is 0 Å². The van der Waals surface area contributed by atoms with Crippen LogP contribution in [0.5, 0.6) is 0 Å². The average Bonchev–Trinajstić information content (AvgIpc) is 2.32. The molecule has 0 N–H and O–H groups in total. The van der Waals surface area contributed by atoms with Crippen molar-refractivity contribution in [1.82, 2.24) is 9.78 Å². The molecule has 0 saturated carbocycles. The first kappa shape index (κ1) is 7.66. The second-order valence-electron chi connectivity index (χ2n) is 1.80. The number of alkyl halides is 3. The van der Waals surface area contributed by atoms with Crippen LogP contribution < -0.4 is 0 Å². The van der Waals surface area contributed by atoms with Gasteiger partial charge in [-0.1, -0.05) is 6.42 Å². The van der Waals surface area contributed by atoms with E-state index in [9.17, 15) is 13.2 Å². The van der Waals surface area contributed by atoms with Crippen molar-refractivity contribution in [3.63, 3.8) is 0 Å². The average molecular weight is 160 g/mol. The maximum atomic E-state index is 11.8. The predicted molar refractivity (Wildman–Crippen MR) is 31.5 cm³/mol. The van der Waals surface area contributed by atoms with E-state index in [1.54, 1.807) is 0 Å². The number of hydrogen-bond acceptors (Lipinski definition) is 1. The quantitative estimate of drug-likeness (QED) is 0.523. The van der Waals surface area contributed by atoms with E-state index in [1.807, 2.05) is 6.04 Å². The van der Waals surface area contributed by atoms with Gasteiger partial charge in [-0.2, -0.15) is 23.0 Å². The van der Waals surface area contributed by atoms with Gasteiger partial charge in [-0.3, -0.25) is 0 Å². The van der Waals surface area contributed by atoms with Crippen LogP contribution in [0.2, 0.25) is 0 Å². The highest BCUT2D eigenvalue weighted by molar-refractivity contribution is 5.11. The molecular formula is C6H3F3N2. The van der Waals surface area contributed by atoms with E-state index in [1.165, 1.54) is 0 Å². The molecule has 0 aromatic carbocycles. The summed E-state index contributed by atoms with van der Waals surface area (Å²) >= 11 is 0. The molecule has 1 rings (SSSR count). The molecule has 2 nitrogen and oxygen atoms in total. The third-order valence-corrected chi connectivity index (χ3v) is 1.04. The van der Waals surface area contributed by atoms with Crippen LogP contribution in [0.15, 0.2) is 12.4 Å². The highest BCUT2D eigenvalue weighted by Crippen LogP contribution is 2.28. The Morgan fingerprint density at radius 1 is 1.55 bits per heavy atom. The Bertz CT molecular complexity index is 292. The van der Waals surface area contributed by atoms with Crippen LogP contribution in [0.3, 0.4) is 0 Å². The summed E-state index contributed by atoms with van der Waals surface area (Å²) < 4.78 is 36.2. The lowest BCUT2D eigenvalue weighted by Gasteiger charge is -1.99. The Balaban J connectivity index is 3.01. The van der Waals surface area contributed by atoms with Crippen LogP contribution in [-0.4, -0.2) is 9.78 Å². The number of rotatable bonds is 0. The van der Waals surface area contributed by atoms with E-state index in [0.717, 1.165) is 10.9 Å². The number of aromatic nitrogens is 2. The zero-order chi connectivity index (χ0) is 8.48. The molecule has 0 aliphatic carbocycles. The van der Waals surface area contributed by atoms with E-state index >= 15 is 0 Å². The summed E-state index contributed by atoms with van der Waals surface area (Å²) in [5.41, 5.74) is -0.838. The van der Waals surface area contributed by atoms with Gasteiger partial charge in [0.2, 0.25) is 0 Å². The summed E-state index contributed by atoms with van der Waals surface area (Å²) in [4.78, 5) is 0. The molecule has 0 aliphatic heterocycles. The van der Waals surface area contributed by atoms with Gasteiger partial charge in [0.05, 0.1) is 18.0 Å². The molecule has 0 fully saturated rings. The van der Waals surface area contributed by atoms with Crippen molar-refractivity contribution in [3.8, 4) is 12.5 Å². The van der Waals surface area contributed by atoms with Gasteiger partial charge in [-0.05, 0) is 0 Å². The van der Waals surface area contributed by atoms with E-state index in [-0.39, 0.29) is 0 Å². The smallest absolute Gasteiger partial charge is 0.197 e. The summed E-state index contributed by atoms with van der Waals surface area (Å²) in [5, 5.41) is 3.26. The minimum Gasteiger partial charge on any atom is -0.197 e. The normalized spacial score (nSPS) is 11.1. The number of hydrogen-bond donors (Lipinski definition) is 0. The standard InChI is InChI=1S/C6H3F3N2/c1-2-11-4-5(3-10-11)6(7,8)9/h1,3-4H. The lowest BCUT2D eigenvalue weighted by molar-refractivity contribution is -0.137. The maximum Gasteiger partial charge on any atom is 0.419 e. The fourth-order valence-corrected chi connectivity index (χ4v) is 0.540. The van der Waals surface area contributed by atoms with Crippen molar-refractivity contribution >= 4 is 0 Å². The minimum atomic E-state index is -4.37. The molecule has 0 atom stereocenters. The van der Waals surface area contributed by atoms with Crippen LogP contribution in [-0.2, 0) is 6.18 Å². The number of halogens is 3. The zero-order valence-corrected chi connectivity index (χ0v) is 5.26. The largest absolute Gasteiger partial charge is 0.419 e. The van der Waals surface area contributed by atoms with E-state index in [0.29, 0.717) is 6.20 Å². The second-order valence-corrected chi connectivity index (χ2v) is 1.80. The molecule has 5 heteroatoms. The lowest BCUT2D eigenvalue weighted by atomic mass is 10.4. The molecule has 0 saturated heterocycles. The van der Waals surface area contributed by atoms with Crippen molar-refractivity contribution in [1.29, 1.82) is 0 Å². The summed E-state index contributed by atoms with van der Waals surface area (Å²) in [6.45, 7) is 0. The van der Waals surface area contributed by atoms with E-state index in [4.69, 9.17) is 6.42 Å². The molecule has 1 heterocycles.